The summed E-state index contributed by atoms with van der Waals surface area (Å²) in [6, 6.07) is 1.95. The highest BCUT2D eigenvalue weighted by Crippen LogP contribution is 2.23. The molecule has 0 saturated heterocycles. The number of amides is 1. The number of benzene rings is 1. The first kappa shape index (κ1) is 13.1. The molecule has 16 heavy (non-hydrogen) atoms. The SMILES string of the molecule is CCC(C)C(=O)Nc1cc(F)c(Br)cc1F. The number of anilines is 1. The molecule has 2 nitrogen and oxygen atoms in total. The monoisotopic (exact) mass is 291 g/mol. The summed E-state index contributed by atoms with van der Waals surface area (Å²) in [7, 11) is 0. The number of hydrogen-bond donors (Lipinski definition) is 1. The highest BCUT2D eigenvalue weighted by atomic mass is 79.9. The molecule has 88 valence electrons. The van der Waals surface area contributed by atoms with Crippen molar-refractivity contribution in [1.29, 1.82) is 0 Å². The summed E-state index contributed by atoms with van der Waals surface area (Å²) in [6.07, 6.45) is 0.645. The second-order valence-corrected chi connectivity index (χ2v) is 4.40. The average Bonchev–Trinajstić information content (AvgIpc) is 2.24. The van der Waals surface area contributed by atoms with Gasteiger partial charge in [-0.1, -0.05) is 13.8 Å². The largest absolute Gasteiger partial charge is 0.323 e. The van der Waals surface area contributed by atoms with Gasteiger partial charge in [0.2, 0.25) is 5.91 Å². The van der Waals surface area contributed by atoms with Crippen molar-refractivity contribution in [3.05, 3.63) is 28.2 Å². The van der Waals surface area contributed by atoms with E-state index >= 15 is 0 Å². The van der Waals surface area contributed by atoms with Crippen molar-refractivity contribution in [2.75, 3.05) is 5.32 Å². The Morgan fingerprint density at radius 1 is 1.44 bits per heavy atom. The first-order valence-corrected chi connectivity index (χ1v) is 5.70. The third kappa shape index (κ3) is 3.01. The van der Waals surface area contributed by atoms with E-state index in [-0.39, 0.29) is 22.0 Å². The Morgan fingerprint density at radius 3 is 2.62 bits per heavy atom. The molecule has 0 heterocycles. The third-order valence-corrected chi connectivity index (χ3v) is 2.94. The van der Waals surface area contributed by atoms with E-state index < -0.39 is 11.6 Å². The van der Waals surface area contributed by atoms with Crippen LogP contribution in [-0.4, -0.2) is 5.91 Å². The number of rotatable bonds is 3. The molecular weight excluding hydrogens is 280 g/mol. The molecule has 1 rings (SSSR count). The quantitative estimate of drug-likeness (QED) is 0.845. The molecule has 0 radical (unpaired) electrons. The van der Waals surface area contributed by atoms with Crippen LogP contribution in [0.5, 0.6) is 0 Å². The van der Waals surface area contributed by atoms with Crippen LogP contribution < -0.4 is 5.32 Å². The van der Waals surface area contributed by atoms with Gasteiger partial charge in [0.1, 0.15) is 11.6 Å². The van der Waals surface area contributed by atoms with E-state index in [9.17, 15) is 13.6 Å². The lowest BCUT2D eigenvalue weighted by molar-refractivity contribution is -0.119. The predicted octanol–water partition coefficient (Wildman–Crippen LogP) is 3.71. The van der Waals surface area contributed by atoms with E-state index in [1.165, 1.54) is 0 Å². The summed E-state index contributed by atoms with van der Waals surface area (Å²) in [5, 5.41) is 2.35. The van der Waals surface area contributed by atoms with Crippen LogP contribution in [0.25, 0.3) is 0 Å². The number of nitrogens with one attached hydrogen (secondary N) is 1. The first-order valence-electron chi connectivity index (χ1n) is 4.91. The van der Waals surface area contributed by atoms with Crippen LogP contribution in [-0.2, 0) is 4.79 Å². The Labute approximate surface area is 101 Å². The third-order valence-electron chi connectivity index (χ3n) is 2.33. The van der Waals surface area contributed by atoms with E-state index in [1.54, 1.807) is 6.92 Å². The summed E-state index contributed by atoms with van der Waals surface area (Å²) >= 11 is 2.86. The second-order valence-electron chi connectivity index (χ2n) is 3.54. The molecule has 1 aromatic carbocycles. The predicted molar refractivity (Wildman–Crippen MR) is 62.1 cm³/mol. The maximum atomic E-state index is 13.3. The molecule has 0 aromatic heterocycles. The molecule has 1 N–H and O–H groups in total. The minimum atomic E-state index is -0.662. The standard InChI is InChI=1S/C11H12BrF2NO/c1-3-6(2)11(16)15-10-5-8(13)7(12)4-9(10)14/h4-6H,3H2,1-2H3,(H,15,16). The maximum Gasteiger partial charge on any atom is 0.227 e. The van der Waals surface area contributed by atoms with Crippen LogP contribution in [0.2, 0.25) is 0 Å². The first-order chi connectivity index (χ1) is 7.45. The Balaban J connectivity index is 2.90. The van der Waals surface area contributed by atoms with E-state index in [0.29, 0.717) is 6.42 Å². The minimum Gasteiger partial charge on any atom is -0.323 e. The molecule has 0 bridgehead atoms. The number of carbonyl (C=O) groups is 1. The van der Waals surface area contributed by atoms with Gasteiger partial charge in [-0.2, -0.15) is 0 Å². The van der Waals surface area contributed by atoms with Gasteiger partial charge in [-0.3, -0.25) is 4.79 Å². The van der Waals surface area contributed by atoms with Crippen LogP contribution in [0.4, 0.5) is 14.5 Å². The zero-order valence-corrected chi connectivity index (χ0v) is 10.6. The highest BCUT2D eigenvalue weighted by Gasteiger charge is 2.14. The summed E-state index contributed by atoms with van der Waals surface area (Å²) in [5.41, 5.74) is -0.133. The Kier molecular flexibility index (Phi) is 4.41. The molecule has 5 heteroatoms. The van der Waals surface area contributed by atoms with Crippen molar-refractivity contribution in [3.63, 3.8) is 0 Å². The van der Waals surface area contributed by atoms with Gasteiger partial charge in [0.15, 0.2) is 0 Å². The van der Waals surface area contributed by atoms with Crippen molar-refractivity contribution >= 4 is 27.5 Å². The van der Waals surface area contributed by atoms with Crippen LogP contribution in [0, 0.1) is 17.6 Å². The molecule has 0 aliphatic heterocycles. The fraction of sp³-hybridized carbons (Fsp3) is 0.364. The van der Waals surface area contributed by atoms with Crippen molar-refractivity contribution in [1.82, 2.24) is 0 Å². The number of halogens is 3. The zero-order valence-electron chi connectivity index (χ0n) is 8.98. The molecule has 1 aromatic rings. The van der Waals surface area contributed by atoms with Gasteiger partial charge in [-0.15, -0.1) is 0 Å². The summed E-state index contributed by atoms with van der Waals surface area (Å²) < 4.78 is 26.5. The van der Waals surface area contributed by atoms with Crippen molar-refractivity contribution in [2.24, 2.45) is 5.92 Å². The van der Waals surface area contributed by atoms with Gasteiger partial charge in [0.05, 0.1) is 10.2 Å². The maximum absolute atomic E-state index is 13.3. The van der Waals surface area contributed by atoms with E-state index in [2.05, 4.69) is 21.2 Å². The van der Waals surface area contributed by atoms with Gasteiger partial charge in [-0.05, 0) is 28.4 Å². The summed E-state index contributed by atoms with van der Waals surface area (Å²) in [6.45, 7) is 3.57. The topological polar surface area (TPSA) is 29.1 Å². The van der Waals surface area contributed by atoms with E-state index in [4.69, 9.17) is 0 Å². The van der Waals surface area contributed by atoms with Gasteiger partial charge in [0, 0.05) is 12.0 Å². The molecule has 1 unspecified atom stereocenters. The van der Waals surface area contributed by atoms with Crippen molar-refractivity contribution < 1.29 is 13.6 Å². The van der Waals surface area contributed by atoms with Gasteiger partial charge in [-0.25, -0.2) is 8.78 Å². The molecule has 0 aliphatic rings. The lowest BCUT2D eigenvalue weighted by atomic mass is 10.1. The fourth-order valence-corrected chi connectivity index (χ4v) is 1.38. The van der Waals surface area contributed by atoms with E-state index in [1.807, 2.05) is 6.92 Å². The molecule has 1 amide bonds. The highest BCUT2D eigenvalue weighted by molar-refractivity contribution is 9.10. The van der Waals surface area contributed by atoms with Gasteiger partial charge >= 0.3 is 0 Å². The van der Waals surface area contributed by atoms with Crippen LogP contribution in [0.3, 0.4) is 0 Å². The smallest absolute Gasteiger partial charge is 0.227 e. The molecule has 0 aliphatic carbocycles. The normalized spacial score (nSPS) is 12.3. The number of carbonyl (C=O) groups excluding carboxylic acids is 1. The molecule has 0 spiro atoms. The molecular formula is C11H12BrF2NO. The van der Waals surface area contributed by atoms with Crippen molar-refractivity contribution in [3.8, 4) is 0 Å². The van der Waals surface area contributed by atoms with Crippen LogP contribution in [0.15, 0.2) is 16.6 Å². The Morgan fingerprint density at radius 2 is 2.06 bits per heavy atom. The second kappa shape index (κ2) is 5.39. The van der Waals surface area contributed by atoms with Crippen LogP contribution >= 0.6 is 15.9 Å². The lowest BCUT2D eigenvalue weighted by Crippen LogP contribution is -2.20. The Bertz CT molecular complexity index is 409. The summed E-state index contributed by atoms with van der Waals surface area (Å²) in [4.78, 5) is 11.5. The van der Waals surface area contributed by atoms with Crippen LogP contribution in [0.1, 0.15) is 20.3 Å². The van der Waals surface area contributed by atoms with Gasteiger partial charge < -0.3 is 5.32 Å². The van der Waals surface area contributed by atoms with Gasteiger partial charge in [0.25, 0.3) is 0 Å². The Hall–Kier alpha value is -0.970. The number of hydrogen-bond acceptors (Lipinski definition) is 1. The minimum absolute atomic E-state index is 0.0338. The zero-order chi connectivity index (χ0) is 12.3. The molecule has 0 fully saturated rings. The van der Waals surface area contributed by atoms with Crippen molar-refractivity contribution in [2.45, 2.75) is 20.3 Å². The molecule has 0 saturated carbocycles. The molecule has 1 atom stereocenters. The van der Waals surface area contributed by atoms with E-state index in [0.717, 1.165) is 12.1 Å². The fourth-order valence-electron chi connectivity index (χ4n) is 1.06. The summed E-state index contributed by atoms with van der Waals surface area (Å²) in [5.74, 6) is -1.82. The lowest BCUT2D eigenvalue weighted by Gasteiger charge is -2.11. The average molecular weight is 292 g/mol.